The van der Waals surface area contributed by atoms with Crippen molar-refractivity contribution in [1.82, 2.24) is 24.8 Å². The molecule has 1 N–H and O–H groups in total. The molecule has 0 radical (unpaired) electrons. The fraction of sp³-hybridized carbons (Fsp3) is 0.350. The molecule has 0 bridgehead atoms. The molecule has 142 valence electrons. The molecule has 3 rings (SSSR count). The summed E-state index contributed by atoms with van der Waals surface area (Å²) in [6.07, 6.45) is 2.74. The molecule has 0 saturated carbocycles. The van der Waals surface area contributed by atoms with E-state index in [2.05, 4.69) is 32.3 Å². The molecular weight excluding hydrogens is 340 g/mol. The minimum absolute atomic E-state index is 0.592. The predicted molar refractivity (Wildman–Crippen MR) is 107 cm³/mol. The van der Waals surface area contributed by atoms with E-state index in [-0.39, 0.29) is 0 Å². The second-order valence-electron chi connectivity index (χ2n) is 6.35. The number of aliphatic imine (C=N–C) groups is 1. The van der Waals surface area contributed by atoms with E-state index in [1.54, 1.807) is 7.05 Å². The van der Waals surface area contributed by atoms with Gasteiger partial charge in [0.05, 0.1) is 6.54 Å². The third-order valence-corrected chi connectivity index (χ3v) is 4.31. The number of aryl methyl sites for hydroxylation is 1. The normalized spacial score (nSPS) is 11.6. The Bertz CT molecular complexity index is 887. The molecule has 0 fully saturated rings. The number of hydrogen-bond donors (Lipinski definition) is 1. The van der Waals surface area contributed by atoms with Crippen molar-refractivity contribution < 1.29 is 4.74 Å². The van der Waals surface area contributed by atoms with Crippen LogP contribution < -0.4 is 10.1 Å². The van der Waals surface area contributed by atoms with Crippen molar-refractivity contribution in [2.24, 2.45) is 4.99 Å². The molecule has 0 aliphatic rings. The van der Waals surface area contributed by atoms with Crippen molar-refractivity contribution >= 4 is 11.6 Å². The Labute approximate surface area is 159 Å². The molecule has 3 aromatic rings. The number of fused-ring (bicyclic) bond motifs is 1. The number of aromatic nitrogens is 3. The van der Waals surface area contributed by atoms with Gasteiger partial charge in [0.25, 0.3) is 0 Å². The summed E-state index contributed by atoms with van der Waals surface area (Å²) in [5, 5.41) is 11.8. The molecule has 0 aliphatic heterocycles. The number of nitrogens with zero attached hydrogens (tertiary/aromatic N) is 5. The average Bonchev–Trinajstić information content (AvgIpc) is 3.10. The lowest BCUT2D eigenvalue weighted by Gasteiger charge is -2.22. The number of guanidine groups is 1. The van der Waals surface area contributed by atoms with Crippen LogP contribution in [-0.4, -0.2) is 59.2 Å². The molecule has 7 heteroatoms. The highest BCUT2D eigenvalue weighted by Gasteiger charge is 2.08. The van der Waals surface area contributed by atoms with Crippen LogP contribution in [0.15, 0.2) is 53.7 Å². The van der Waals surface area contributed by atoms with Crippen LogP contribution in [0.4, 0.5) is 0 Å². The van der Waals surface area contributed by atoms with E-state index in [0.29, 0.717) is 6.61 Å². The van der Waals surface area contributed by atoms with Crippen LogP contribution in [0.25, 0.3) is 5.65 Å². The Morgan fingerprint density at radius 2 is 2.00 bits per heavy atom. The standard InChI is InChI=1S/C20H26N6O/c1-16-7-9-17(10-8-16)27-15-14-25(3)20(21-2)22-12-11-19-24-23-18-6-4-5-13-26(18)19/h4-10,13H,11-12,14-15H2,1-3H3,(H,21,22). The number of benzene rings is 1. The van der Waals surface area contributed by atoms with E-state index >= 15 is 0 Å². The zero-order valence-electron chi connectivity index (χ0n) is 16.1. The van der Waals surface area contributed by atoms with Crippen molar-refractivity contribution in [1.29, 1.82) is 0 Å². The van der Waals surface area contributed by atoms with Gasteiger partial charge >= 0.3 is 0 Å². The Hall–Kier alpha value is -3.09. The van der Waals surface area contributed by atoms with Crippen molar-refractivity contribution in [2.45, 2.75) is 13.3 Å². The van der Waals surface area contributed by atoms with Gasteiger partial charge in [-0.3, -0.25) is 9.39 Å². The second-order valence-corrected chi connectivity index (χ2v) is 6.35. The van der Waals surface area contributed by atoms with Gasteiger partial charge in [-0.15, -0.1) is 10.2 Å². The van der Waals surface area contributed by atoms with Gasteiger partial charge in [-0.25, -0.2) is 0 Å². The predicted octanol–water partition coefficient (Wildman–Crippen LogP) is 2.17. The van der Waals surface area contributed by atoms with Gasteiger partial charge in [-0.05, 0) is 31.2 Å². The molecule has 2 heterocycles. The SMILES string of the molecule is CN=C(NCCc1nnc2ccccn12)N(C)CCOc1ccc(C)cc1. The maximum Gasteiger partial charge on any atom is 0.193 e. The highest BCUT2D eigenvalue weighted by Crippen LogP contribution is 2.11. The van der Waals surface area contributed by atoms with E-state index in [1.165, 1.54) is 5.56 Å². The average molecular weight is 366 g/mol. The number of rotatable bonds is 7. The summed E-state index contributed by atoms with van der Waals surface area (Å²) in [4.78, 5) is 6.39. The van der Waals surface area contributed by atoms with Gasteiger partial charge in [-0.2, -0.15) is 0 Å². The van der Waals surface area contributed by atoms with Crippen LogP contribution in [0.2, 0.25) is 0 Å². The topological polar surface area (TPSA) is 67.0 Å². The summed E-state index contributed by atoms with van der Waals surface area (Å²) in [5.74, 6) is 2.64. The minimum atomic E-state index is 0.592. The van der Waals surface area contributed by atoms with Crippen molar-refractivity contribution in [3.8, 4) is 5.75 Å². The largest absolute Gasteiger partial charge is 0.492 e. The van der Waals surface area contributed by atoms with Crippen LogP contribution in [0.1, 0.15) is 11.4 Å². The number of ether oxygens (including phenoxy) is 1. The summed E-state index contributed by atoms with van der Waals surface area (Å²) in [6.45, 7) is 4.12. The minimum Gasteiger partial charge on any atom is -0.492 e. The molecule has 2 aromatic heterocycles. The van der Waals surface area contributed by atoms with Gasteiger partial charge in [0.15, 0.2) is 11.6 Å². The molecule has 7 nitrogen and oxygen atoms in total. The van der Waals surface area contributed by atoms with Gasteiger partial charge in [0, 0.05) is 33.3 Å². The number of pyridine rings is 1. The third kappa shape index (κ3) is 4.97. The third-order valence-electron chi connectivity index (χ3n) is 4.31. The summed E-state index contributed by atoms with van der Waals surface area (Å²) >= 11 is 0. The molecule has 0 spiro atoms. The number of likely N-dealkylation sites (N-methyl/N-ethyl adjacent to an activating group) is 1. The quantitative estimate of drug-likeness (QED) is 0.513. The highest BCUT2D eigenvalue weighted by atomic mass is 16.5. The summed E-state index contributed by atoms with van der Waals surface area (Å²) < 4.78 is 7.80. The molecule has 0 saturated heterocycles. The first-order chi connectivity index (χ1) is 13.2. The van der Waals surface area contributed by atoms with Crippen LogP contribution in [0.5, 0.6) is 5.75 Å². The molecule has 0 amide bonds. The molecule has 0 unspecified atom stereocenters. The number of hydrogen-bond acceptors (Lipinski definition) is 4. The van der Waals surface area contributed by atoms with Crippen molar-refractivity contribution in [3.63, 3.8) is 0 Å². The van der Waals surface area contributed by atoms with E-state index in [0.717, 1.165) is 42.7 Å². The van der Waals surface area contributed by atoms with Gasteiger partial charge in [0.1, 0.15) is 18.2 Å². The molecule has 0 atom stereocenters. The molecule has 0 aliphatic carbocycles. The lowest BCUT2D eigenvalue weighted by molar-refractivity contribution is 0.281. The Morgan fingerprint density at radius 3 is 2.78 bits per heavy atom. The summed E-state index contributed by atoms with van der Waals surface area (Å²) in [7, 11) is 3.78. The Kier molecular flexibility index (Phi) is 6.25. The summed E-state index contributed by atoms with van der Waals surface area (Å²) in [5.41, 5.74) is 2.09. The van der Waals surface area contributed by atoms with Crippen LogP contribution in [0.3, 0.4) is 0 Å². The smallest absolute Gasteiger partial charge is 0.193 e. The van der Waals surface area contributed by atoms with Gasteiger partial charge in [-0.1, -0.05) is 23.8 Å². The maximum atomic E-state index is 5.79. The Balaban J connectivity index is 1.44. The maximum absolute atomic E-state index is 5.79. The Morgan fingerprint density at radius 1 is 1.19 bits per heavy atom. The molecule has 27 heavy (non-hydrogen) atoms. The van der Waals surface area contributed by atoms with E-state index in [4.69, 9.17) is 4.74 Å². The molecule has 1 aromatic carbocycles. The van der Waals surface area contributed by atoms with Crippen LogP contribution >= 0.6 is 0 Å². The fourth-order valence-electron chi connectivity index (χ4n) is 2.77. The summed E-state index contributed by atoms with van der Waals surface area (Å²) in [6, 6.07) is 14.0. The van der Waals surface area contributed by atoms with E-state index in [1.807, 2.05) is 60.1 Å². The zero-order valence-corrected chi connectivity index (χ0v) is 16.1. The second kappa shape index (κ2) is 9.02. The first-order valence-corrected chi connectivity index (χ1v) is 9.07. The zero-order chi connectivity index (χ0) is 19.1. The first-order valence-electron chi connectivity index (χ1n) is 9.07. The first kappa shape index (κ1) is 18.7. The number of nitrogens with one attached hydrogen (secondary N) is 1. The van der Waals surface area contributed by atoms with E-state index in [9.17, 15) is 0 Å². The lowest BCUT2D eigenvalue weighted by Crippen LogP contribution is -2.41. The van der Waals surface area contributed by atoms with Gasteiger partial charge < -0.3 is 15.0 Å². The molecular formula is C20H26N6O. The van der Waals surface area contributed by atoms with Crippen molar-refractivity contribution in [3.05, 3.63) is 60.0 Å². The highest BCUT2D eigenvalue weighted by molar-refractivity contribution is 5.79. The van der Waals surface area contributed by atoms with Crippen LogP contribution in [-0.2, 0) is 6.42 Å². The monoisotopic (exact) mass is 366 g/mol. The van der Waals surface area contributed by atoms with Gasteiger partial charge in [0.2, 0.25) is 0 Å². The lowest BCUT2D eigenvalue weighted by atomic mass is 10.2. The van der Waals surface area contributed by atoms with Crippen molar-refractivity contribution in [2.75, 3.05) is 33.8 Å². The van der Waals surface area contributed by atoms with Crippen LogP contribution in [0, 0.1) is 6.92 Å². The van der Waals surface area contributed by atoms with E-state index < -0.39 is 0 Å². The fourth-order valence-corrected chi connectivity index (χ4v) is 2.77.